The van der Waals surface area contributed by atoms with Crippen LogP contribution in [-0.2, 0) is 0 Å². The van der Waals surface area contributed by atoms with E-state index in [2.05, 4.69) is 0 Å². The van der Waals surface area contributed by atoms with Gasteiger partial charge < -0.3 is 4.42 Å². The SMILES string of the molecule is Cc1ccc(C)c2c1C(=O)C(=Cc1nc3oc(-c4ccccc4)cc3n1-c1ccccc1)C2=O. The lowest BCUT2D eigenvalue weighted by Gasteiger charge is -2.06. The Labute approximate surface area is 196 Å². The molecule has 0 unspecified atom stereocenters. The Morgan fingerprint density at radius 3 is 2.00 bits per heavy atom. The first-order chi connectivity index (χ1) is 16.5. The van der Waals surface area contributed by atoms with Crippen LogP contribution < -0.4 is 0 Å². The monoisotopic (exact) mass is 444 g/mol. The van der Waals surface area contributed by atoms with Crippen molar-refractivity contribution >= 4 is 28.9 Å². The number of aromatic nitrogens is 2. The molecule has 3 aromatic carbocycles. The first kappa shape index (κ1) is 20.1. The highest BCUT2D eigenvalue weighted by molar-refractivity contribution is 6.42. The number of allylic oxidation sites excluding steroid dienone is 1. The minimum Gasteiger partial charge on any atom is -0.436 e. The smallest absolute Gasteiger partial charge is 0.246 e. The number of furan rings is 1. The number of hydrogen-bond acceptors (Lipinski definition) is 4. The average molecular weight is 444 g/mol. The van der Waals surface area contributed by atoms with E-state index in [0.717, 1.165) is 27.9 Å². The van der Waals surface area contributed by atoms with E-state index in [1.165, 1.54) is 0 Å². The van der Waals surface area contributed by atoms with E-state index in [4.69, 9.17) is 9.40 Å². The molecule has 0 radical (unpaired) electrons. The molecule has 0 saturated carbocycles. The van der Waals surface area contributed by atoms with Crippen molar-refractivity contribution in [2.45, 2.75) is 13.8 Å². The van der Waals surface area contributed by atoms with Crippen molar-refractivity contribution in [3.8, 4) is 17.0 Å². The number of aryl methyl sites for hydroxylation is 2. The van der Waals surface area contributed by atoms with Gasteiger partial charge in [-0.3, -0.25) is 14.2 Å². The molecule has 34 heavy (non-hydrogen) atoms. The van der Waals surface area contributed by atoms with E-state index >= 15 is 0 Å². The van der Waals surface area contributed by atoms with Crippen molar-refractivity contribution < 1.29 is 14.0 Å². The first-order valence-corrected chi connectivity index (χ1v) is 11.1. The molecule has 1 aliphatic rings. The van der Waals surface area contributed by atoms with Gasteiger partial charge in [-0.05, 0) is 43.2 Å². The normalized spacial score (nSPS) is 13.1. The summed E-state index contributed by atoms with van der Waals surface area (Å²) < 4.78 is 8.00. The number of ketones is 2. The van der Waals surface area contributed by atoms with Gasteiger partial charge in [0.05, 0.1) is 5.57 Å². The van der Waals surface area contributed by atoms with Gasteiger partial charge in [0.25, 0.3) is 0 Å². The zero-order valence-electron chi connectivity index (χ0n) is 18.7. The highest BCUT2D eigenvalue weighted by Crippen LogP contribution is 2.35. The van der Waals surface area contributed by atoms with Gasteiger partial charge in [0.2, 0.25) is 5.71 Å². The average Bonchev–Trinajstić information content (AvgIpc) is 3.49. The van der Waals surface area contributed by atoms with E-state index in [-0.39, 0.29) is 17.1 Å². The summed E-state index contributed by atoms with van der Waals surface area (Å²) in [6.07, 6.45) is 1.59. The zero-order valence-corrected chi connectivity index (χ0v) is 18.7. The number of carbonyl (C=O) groups excluding carboxylic acids is 2. The lowest BCUT2D eigenvalue weighted by atomic mass is 9.99. The summed E-state index contributed by atoms with van der Waals surface area (Å²) in [5, 5.41) is 0. The fraction of sp³-hybridized carbons (Fsp3) is 0.0690. The predicted octanol–water partition coefficient (Wildman–Crippen LogP) is 6.36. The topological polar surface area (TPSA) is 65.1 Å². The maximum atomic E-state index is 13.3. The van der Waals surface area contributed by atoms with E-state index in [1.807, 2.05) is 97.3 Å². The zero-order chi connectivity index (χ0) is 23.4. The molecule has 164 valence electrons. The standard InChI is InChI=1S/C29H20N2O3/c1-17-13-14-18(2)26-25(17)27(32)21(28(26)33)15-24-30-29-22(31(24)20-11-7-4-8-12-20)16-23(34-29)19-9-5-3-6-10-19/h3-16H,1-2H3. The van der Waals surface area contributed by atoms with Gasteiger partial charge in [0.1, 0.15) is 17.1 Å². The fourth-order valence-corrected chi connectivity index (χ4v) is 4.61. The van der Waals surface area contributed by atoms with Gasteiger partial charge in [0, 0.05) is 28.4 Å². The second kappa shape index (κ2) is 7.52. The molecule has 5 nitrogen and oxygen atoms in total. The maximum Gasteiger partial charge on any atom is 0.246 e. The number of imidazole rings is 1. The Balaban J connectivity index is 1.55. The van der Waals surface area contributed by atoms with Crippen LogP contribution in [0, 0.1) is 13.8 Å². The van der Waals surface area contributed by atoms with Crippen LogP contribution >= 0.6 is 0 Å². The summed E-state index contributed by atoms with van der Waals surface area (Å²) in [5.41, 5.74) is 5.72. The van der Waals surface area contributed by atoms with Gasteiger partial charge in [0.15, 0.2) is 11.6 Å². The van der Waals surface area contributed by atoms with Crippen LogP contribution in [0.25, 0.3) is 34.3 Å². The third-order valence-electron chi connectivity index (χ3n) is 6.29. The second-order valence-electron chi connectivity index (χ2n) is 8.47. The van der Waals surface area contributed by atoms with Crippen molar-refractivity contribution in [1.82, 2.24) is 9.55 Å². The first-order valence-electron chi connectivity index (χ1n) is 11.1. The van der Waals surface area contributed by atoms with Gasteiger partial charge in [-0.15, -0.1) is 0 Å². The van der Waals surface area contributed by atoms with E-state index in [0.29, 0.717) is 28.4 Å². The number of nitrogens with zero attached hydrogens (tertiary/aromatic N) is 2. The number of carbonyl (C=O) groups is 2. The minimum atomic E-state index is -0.259. The van der Waals surface area contributed by atoms with E-state index in [9.17, 15) is 9.59 Å². The molecule has 0 fully saturated rings. The number of Topliss-reactive ketones (excluding diaryl/α,β-unsaturated/α-hetero) is 2. The van der Waals surface area contributed by atoms with Crippen LogP contribution in [0.15, 0.2) is 88.9 Å². The third-order valence-corrected chi connectivity index (χ3v) is 6.29. The third kappa shape index (κ3) is 2.98. The summed E-state index contributed by atoms with van der Waals surface area (Å²) in [5.74, 6) is 0.656. The highest BCUT2D eigenvalue weighted by atomic mass is 16.3. The minimum absolute atomic E-state index is 0.125. The largest absolute Gasteiger partial charge is 0.436 e. The van der Waals surface area contributed by atoms with Crippen LogP contribution in [0.4, 0.5) is 0 Å². The molecule has 0 spiro atoms. The number of fused-ring (bicyclic) bond motifs is 2. The molecule has 6 rings (SSSR count). The van der Waals surface area contributed by atoms with Gasteiger partial charge in [-0.1, -0.05) is 60.7 Å². The molecule has 0 amide bonds. The highest BCUT2D eigenvalue weighted by Gasteiger charge is 2.36. The Morgan fingerprint density at radius 2 is 1.38 bits per heavy atom. The Bertz CT molecular complexity index is 1590. The predicted molar refractivity (Wildman–Crippen MR) is 131 cm³/mol. The molecular weight excluding hydrogens is 424 g/mol. The molecule has 0 aliphatic heterocycles. The molecule has 1 aliphatic carbocycles. The molecule has 5 aromatic rings. The van der Waals surface area contributed by atoms with Gasteiger partial charge in [-0.2, -0.15) is 4.98 Å². The molecule has 2 heterocycles. The Morgan fingerprint density at radius 1 is 0.794 bits per heavy atom. The maximum absolute atomic E-state index is 13.3. The van der Waals surface area contributed by atoms with Crippen molar-refractivity contribution in [2.24, 2.45) is 0 Å². The molecule has 0 saturated heterocycles. The summed E-state index contributed by atoms with van der Waals surface area (Å²) in [4.78, 5) is 31.2. The fourth-order valence-electron chi connectivity index (χ4n) is 4.61. The molecule has 0 atom stereocenters. The van der Waals surface area contributed by atoms with Gasteiger partial charge in [-0.25, -0.2) is 0 Å². The van der Waals surface area contributed by atoms with Crippen LogP contribution in [-0.4, -0.2) is 21.1 Å². The number of hydrogen-bond donors (Lipinski definition) is 0. The van der Waals surface area contributed by atoms with E-state index in [1.54, 1.807) is 6.08 Å². The summed E-state index contributed by atoms with van der Waals surface area (Å²) in [6, 6.07) is 25.2. The van der Waals surface area contributed by atoms with Gasteiger partial charge >= 0.3 is 0 Å². The quantitative estimate of drug-likeness (QED) is 0.240. The van der Waals surface area contributed by atoms with Crippen LogP contribution in [0.3, 0.4) is 0 Å². The summed E-state index contributed by atoms with van der Waals surface area (Å²) in [7, 11) is 0. The molecule has 0 N–H and O–H groups in total. The van der Waals surface area contributed by atoms with Crippen molar-refractivity contribution in [2.75, 3.05) is 0 Å². The van der Waals surface area contributed by atoms with Crippen molar-refractivity contribution in [3.63, 3.8) is 0 Å². The van der Waals surface area contributed by atoms with Crippen LogP contribution in [0.5, 0.6) is 0 Å². The molecular formula is C29H20N2O3. The summed E-state index contributed by atoms with van der Waals surface area (Å²) in [6.45, 7) is 3.71. The van der Waals surface area contributed by atoms with Crippen LogP contribution in [0.1, 0.15) is 37.7 Å². The lowest BCUT2D eigenvalue weighted by molar-refractivity contribution is 0.0990. The lowest BCUT2D eigenvalue weighted by Crippen LogP contribution is -2.04. The van der Waals surface area contributed by atoms with Crippen molar-refractivity contribution in [3.05, 3.63) is 113 Å². The number of para-hydroxylation sites is 1. The van der Waals surface area contributed by atoms with E-state index < -0.39 is 0 Å². The van der Waals surface area contributed by atoms with Crippen molar-refractivity contribution in [1.29, 1.82) is 0 Å². The number of rotatable bonds is 3. The number of benzene rings is 3. The molecule has 2 aromatic heterocycles. The summed E-state index contributed by atoms with van der Waals surface area (Å²) >= 11 is 0. The Kier molecular flexibility index (Phi) is 4.45. The molecule has 0 bridgehead atoms. The second-order valence-corrected chi connectivity index (χ2v) is 8.47. The molecule has 5 heteroatoms. The van der Waals surface area contributed by atoms with Crippen LogP contribution in [0.2, 0.25) is 0 Å². The Hall–Kier alpha value is -4.51.